The number of benzene rings is 1. The Morgan fingerprint density at radius 1 is 1.26 bits per heavy atom. The van der Waals surface area contributed by atoms with Gasteiger partial charge >= 0.3 is 12.1 Å². The lowest BCUT2D eigenvalue weighted by Gasteiger charge is -2.22. The van der Waals surface area contributed by atoms with E-state index in [9.17, 15) is 18.8 Å². The fraction of sp³-hybridized carbons (Fsp3) is 0.526. The van der Waals surface area contributed by atoms with Crippen LogP contribution in [0.2, 0.25) is 0 Å². The van der Waals surface area contributed by atoms with Crippen LogP contribution in [0.15, 0.2) is 24.3 Å². The smallest absolute Gasteiger partial charge is 0.408 e. The molecule has 2 N–H and O–H groups in total. The molecule has 7 nitrogen and oxygen atoms in total. The first-order valence-electron chi connectivity index (χ1n) is 8.83. The number of alkyl carbamates (subject to hydrolysis) is 1. The molecule has 1 aliphatic rings. The molecule has 2 rings (SSSR count). The van der Waals surface area contributed by atoms with E-state index in [4.69, 9.17) is 9.47 Å². The van der Waals surface area contributed by atoms with Gasteiger partial charge in [-0.15, -0.1) is 0 Å². The van der Waals surface area contributed by atoms with Crippen LogP contribution < -0.4 is 10.6 Å². The molecule has 2 amide bonds. The largest absolute Gasteiger partial charge is 0.464 e. The predicted octanol–water partition coefficient (Wildman–Crippen LogP) is 2.25. The first kappa shape index (κ1) is 20.7. The molecule has 0 unspecified atom stereocenters. The van der Waals surface area contributed by atoms with Crippen molar-refractivity contribution in [2.45, 2.75) is 57.7 Å². The summed E-state index contributed by atoms with van der Waals surface area (Å²) < 4.78 is 23.8. The average Bonchev–Trinajstić information content (AvgIpc) is 3.30. The van der Waals surface area contributed by atoms with Crippen LogP contribution in [-0.2, 0) is 19.1 Å². The Hall–Kier alpha value is -2.64. The van der Waals surface area contributed by atoms with E-state index in [-0.39, 0.29) is 24.4 Å². The van der Waals surface area contributed by atoms with Crippen LogP contribution in [0.25, 0.3) is 0 Å². The first-order valence-corrected chi connectivity index (χ1v) is 8.83. The normalized spacial score (nSPS) is 19.6. The molecule has 0 aromatic heterocycles. The predicted molar refractivity (Wildman–Crippen MR) is 95.5 cm³/mol. The van der Waals surface area contributed by atoms with Crippen LogP contribution in [0.3, 0.4) is 0 Å². The van der Waals surface area contributed by atoms with Crippen molar-refractivity contribution >= 4 is 18.0 Å². The number of carbonyl (C=O) groups excluding carboxylic acids is 3. The highest BCUT2D eigenvalue weighted by Gasteiger charge is 2.43. The highest BCUT2D eigenvalue weighted by atomic mass is 19.1. The first-order chi connectivity index (χ1) is 12.6. The van der Waals surface area contributed by atoms with E-state index >= 15 is 0 Å². The molecule has 0 spiro atoms. The Kier molecular flexibility index (Phi) is 6.41. The molecule has 0 aliphatic heterocycles. The highest BCUT2D eigenvalue weighted by Crippen LogP contribution is 2.41. The highest BCUT2D eigenvalue weighted by molar-refractivity contribution is 6.04. The van der Waals surface area contributed by atoms with Crippen molar-refractivity contribution in [2.24, 2.45) is 0 Å². The Bertz CT molecular complexity index is 716. The fourth-order valence-electron chi connectivity index (χ4n) is 2.62. The van der Waals surface area contributed by atoms with Gasteiger partial charge in [0, 0.05) is 12.0 Å². The molecule has 1 aromatic rings. The van der Waals surface area contributed by atoms with Crippen LogP contribution in [-0.4, -0.2) is 42.3 Å². The number of esters is 1. The number of hydrogen-bond donors (Lipinski definition) is 2. The van der Waals surface area contributed by atoms with Gasteiger partial charge in [-0.05, 0) is 45.7 Å². The van der Waals surface area contributed by atoms with E-state index < -0.39 is 29.6 Å². The molecule has 0 radical (unpaired) electrons. The molecule has 0 heterocycles. The molecule has 1 aromatic carbocycles. The minimum Gasteiger partial charge on any atom is -0.464 e. The number of halogens is 1. The second-order valence-electron chi connectivity index (χ2n) is 7.31. The standard InChI is InChI=1S/C19H25FN2O5/c1-5-26-17(24)15(22-18(25)27-19(2,3)4)16(23)21-14-10-12(14)11-8-6-7-9-13(11)20/h6-9,12,14-15H,5,10H2,1-4H3,(H,21,23)(H,22,25)/t12-,14+,15-/m1/s1. The maximum Gasteiger partial charge on any atom is 0.408 e. The molecule has 0 bridgehead atoms. The Morgan fingerprint density at radius 3 is 2.52 bits per heavy atom. The molecule has 148 valence electrons. The zero-order chi connectivity index (χ0) is 20.2. The van der Waals surface area contributed by atoms with E-state index in [1.807, 2.05) is 0 Å². The van der Waals surface area contributed by atoms with Gasteiger partial charge in [0.05, 0.1) is 6.61 Å². The Balaban J connectivity index is 2.01. The lowest BCUT2D eigenvalue weighted by atomic mass is 10.1. The summed E-state index contributed by atoms with van der Waals surface area (Å²) in [6, 6.07) is 4.48. The van der Waals surface area contributed by atoms with Crippen LogP contribution in [0.1, 0.15) is 45.6 Å². The molecule has 1 fully saturated rings. The van der Waals surface area contributed by atoms with Crippen LogP contribution >= 0.6 is 0 Å². The average molecular weight is 380 g/mol. The van der Waals surface area contributed by atoms with Crippen molar-refractivity contribution < 1.29 is 28.2 Å². The van der Waals surface area contributed by atoms with Crippen molar-refractivity contribution in [3.05, 3.63) is 35.6 Å². The van der Waals surface area contributed by atoms with Gasteiger partial charge in [0.15, 0.2) is 0 Å². The zero-order valence-electron chi connectivity index (χ0n) is 15.9. The molecule has 0 saturated heterocycles. The van der Waals surface area contributed by atoms with E-state index in [0.29, 0.717) is 12.0 Å². The van der Waals surface area contributed by atoms with Gasteiger partial charge in [0.25, 0.3) is 5.91 Å². The molecule has 8 heteroatoms. The molecule has 1 aliphatic carbocycles. The number of nitrogens with one attached hydrogen (secondary N) is 2. The van der Waals surface area contributed by atoms with Gasteiger partial charge in [-0.2, -0.15) is 0 Å². The second kappa shape index (κ2) is 8.37. The summed E-state index contributed by atoms with van der Waals surface area (Å²) in [5.74, 6) is -2.11. The number of ether oxygens (including phenoxy) is 2. The number of carbonyl (C=O) groups is 3. The SMILES string of the molecule is CCOC(=O)[C@H](NC(=O)OC(C)(C)C)C(=O)N[C@H]1C[C@@H]1c1ccccc1F. The molecule has 27 heavy (non-hydrogen) atoms. The molecular formula is C19H25FN2O5. The third-order valence-corrected chi connectivity index (χ3v) is 3.87. The maximum absolute atomic E-state index is 13.8. The van der Waals surface area contributed by atoms with Gasteiger partial charge < -0.3 is 14.8 Å². The molecule has 1 saturated carbocycles. The van der Waals surface area contributed by atoms with Crippen molar-refractivity contribution in [1.29, 1.82) is 0 Å². The summed E-state index contributed by atoms with van der Waals surface area (Å²) in [6.45, 7) is 6.63. The summed E-state index contributed by atoms with van der Waals surface area (Å²) >= 11 is 0. The van der Waals surface area contributed by atoms with E-state index in [1.54, 1.807) is 45.9 Å². The zero-order valence-corrected chi connectivity index (χ0v) is 15.9. The third kappa shape index (κ3) is 5.94. The van der Waals surface area contributed by atoms with Gasteiger partial charge in [-0.1, -0.05) is 18.2 Å². The minimum absolute atomic E-state index is 0.0554. The maximum atomic E-state index is 13.8. The number of rotatable bonds is 6. The Morgan fingerprint density at radius 2 is 1.93 bits per heavy atom. The van der Waals surface area contributed by atoms with E-state index in [2.05, 4.69) is 10.6 Å². The van der Waals surface area contributed by atoms with Gasteiger partial charge in [-0.25, -0.2) is 14.0 Å². The monoisotopic (exact) mass is 380 g/mol. The number of hydrogen-bond acceptors (Lipinski definition) is 5. The van der Waals surface area contributed by atoms with Crippen molar-refractivity contribution in [3.8, 4) is 0 Å². The van der Waals surface area contributed by atoms with Crippen molar-refractivity contribution in [1.82, 2.24) is 10.6 Å². The third-order valence-electron chi connectivity index (χ3n) is 3.87. The lowest BCUT2D eigenvalue weighted by molar-refractivity contribution is -0.149. The minimum atomic E-state index is -1.54. The second-order valence-corrected chi connectivity index (χ2v) is 7.31. The molecular weight excluding hydrogens is 355 g/mol. The Labute approximate surface area is 157 Å². The van der Waals surface area contributed by atoms with Crippen LogP contribution in [0, 0.1) is 5.82 Å². The fourth-order valence-corrected chi connectivity index (χ4v) is 2.62. The lowest BCUT2D eigenvalue weighted by Crippen LogP contribution is -2.53. The van der Waals surface area contributed by atoms with Crippen molar-refractivity contribution in [3.63, 3.8) is 0 Å². The van der Waals surface area contributed by atoms with E-state index in [0.717, 1.165) is 0 Å². The topological polar surface area (TPSA) is 93.7 Å². The number of amides is 2. The van der Waals surface area contributed by atoms with E-state index in [1.165, 1.54) is 6.07 Å². The van der Waals surface area contributed by atoms with Gasteiger partial charge in [-0.3, -0.25) is 10.1 Å². The summed E-state index contributed by atoms with van der Waals surface area (Å²) in [4.78, 5) is 36.5. The van der Waals surface area contributed by atoms with Gasteiger partial charge in [0.1, 0.15) is 11.4 Å². The van der Waals surface area contributed by atoms with Crippen molar-refractivity contribution in [2.75, 3.05) is 6.61 Å². The summed E-state index contributed by atoms with van der Waals surface area (Å²) in [6.07, 6.45) is -0.355. The summed E-state index contributed by atoms with van der Waals surface area (Å²) in [5.41, 5.74) is -0.276. The molecule has 3 atom stereocenters. The quantitative estimate of drug-likeness (QED) is 0.583. The van der Waals surface area contributed by atoms with Gasteiger partial charge in [0.2, 0.25) is 6.04 Å². The van der Waals surface area contributed by atoms with Crippen LogP contribution in [0.5, 0.6) is 0 Å². The summed E-state index contributed by atoms with van der Waals surface area (Å²) in [7, 11) is 0. The van der Waals surface area contributed by atoms with Crippen LogP contribution in [0.4, 0.5) is 9.18 Å². The summed E-state index contributed by atoms with van der Waals surface area (Å²) in [5, 5.41) is 4.90.